The lowest BCUT2D eigenvalue weighted by atomic mass is 9.78. The predicted octanol–water partition coefficient (Wildman–Crippen LogP) is 7.23. The minimum atomic E-state index is -0.346. The summed E-state index contributed by atoms with van der Waals surface area (Å²) in [5.41, 5.74) is 5.67. The van der Waals surface area contributed by atoms with Crippen LogP contribution < -0.4 is 24.8 Å². The van der Waals surface area contributed by atoms with E-state index in [2.05, 4.69) is 38.7 Å². The van der Waals surface area contributed by atoms with Crippen LogP contribution in [0.3, 0.4) is 0 Å². The van der Waals surface area contributed by atoms with Crippen LogP contribution in [0.25, 0.3) is 0 Å². The molecule has 0 spiro atoms. The van der Waals surface area contributed by atoms with Crippen LogP contribution in [0.15, 0.2) is 76.4 Å². The molecule has 2 aliphatic rings. The molecule has 0 saturated carbocycles. The molecule has 6 nitrogen and oxygen atoms in total. The third-order valence-corrected chi connectivity index (χ3v) is 7.43. The van der Waals surface area contributed by atoms with Crippen molar-refractivity contribution in [3.8, 4) is 17.2 Å². The van der Waals surface area contributed by atoms with Gasteiger partial charge in [0, 0.05) is 17.7 Å². The summed E-state index contributed by atoms with van der Waals surface area (Å²) in [7, 11) is 1.62. The molecule has 0 saturated heterocycles. The van der Waals surface area contributed by atoms with Crippen molar-refractivity contribution < 1.29 is 19.0 Å². The van der Waals surface area contributed by atoms with Gasteiger partial charge in [0.25, 0.3) is 0 Å². The van der Waals surface area contributed by atoms with E-state index in [1.54, 1.807) is 7.11 Å². The third-order valence-electron chi connectivity index (χ3n) is 6.84. The smallest absolute Gasteiger partial charge is 0.174 e. The Morgan fingerprint density at radius 2 is 1.65 bits per heavy atom. The van der Waals surface area contributed by atoms with E-state index in [0.29, 0.717) is 31.1 Å². The number of nitrogens with one attached hydrogen (secondary N) is 2. The molecule has 0 bridgehead atoms. The Kier molecular flexibility index (Phi) is 7.42. The predicted molar refractivity (Wildman–Crippen MR) is 150 cm³/mol. The SMILES string of the molecule is CCOc1ccc(C2CC(=O)C3=C(C2)Nc2ccccc2NC3c2cc(Br)c(OC)c(OCC)c2)cc1. The van der Waals surface area contributed by atoms with Crippen LogP contribution in [-0.2, 0) is 4.79 Å². The number of benzene rings is 3. The van der Waals surface area contributed by atoms with Crippen LogP contribution in [0, 0.1) is 0 Å². The molecule has 0 aromatic heterocycles. The summed E-state index contributed by atoms with van der Waals surface area (Å²) in [6, 6.07) is 19.8. The molecule has 2 unspecified atom stereocenters. The fraction of sp³-hybridized carbons (Fsp3) is 0.300. The Balaban J connectivity index is 1.58. The average molecular weight is 563 g/mol. The van der Waals surface area contributed by atoms with Crippen molar-refractivity contribution >= 4 is 33.1 Å². The van der Waals surface area contributed by atoms with Gasteiger partial charge in [-0.2, -0.15) is 0 Å². The van der Waals surface area contributed by atoms with Gasteiger partial charge in [-0.1, -0.05) is 24.3 Å². The minimum absolute atomic E-state index is 0.0851. The summed E-state index contributed by atoms with van der Waals surface area (Å²) < 4.78 is 17.9. The molecule has 192 valence electrons. The molecule has 2 atom stereocenters. The van der Waals surface area contributed by atoms with Gasteiger partial charge in [-0.25, -0.2) is 0 Å². The van der Waals surface area contributed by atoms with E-state index < -0.39 is 0 Å². The quantitative estimate of drug-likeness (QED) is 0.316. The van der Waals surface area contributed by atoms with Crippen molar-refractivity contribution in [2.45, 2.75) is 38.6 Å². The number of methoxy groups -OCH3 is 1. The highest BCUT2D eigenvalue weighted by atomic mass is 79.9. The van der Waals surface area contributed by atoms with Gasteiger partial charge in [0.1, 0.15) is 5.75 Å². The third kappa shape index (κ3) is 5.05. The normalized spacial score (nSPS) is 18.6. The second-order valence-electron chi connectivity index (χ2n) is 9.14. The van der Waals surface area contributed by atoms with Crippen LogP contribution in [-0.4, -0.2) is 26.1 Å². The zero-order chi connectivity index (χ0) is 25.9. The number of Topliss-reactive ketones (excluding diaryl/α,β-unsaturated/α-hetero) is 1. The van der Waals surface area contributed by atoms with Gasteiger partial charge < -0.3 is 24.8 Å². The first kappa shape index (κ1) is 25.2. The van der Waals surface area contributed by atoms with Crippen molar-refractivity contribution in [3.63, 3.8) is 0 Å². The lowest BCUT2D eigenvalue weighted by Gasteiger charge is -2.30. The Morgan fingerprint density at radius 3 is 2.35 bits per heavy atom. The number of para-hydroxylation sites is 2. The van der Waals surface area contributed by atoms with Gasteiger partial charge >= 0.3 is 0 Å². The van der Waals surface area contributed by atoms with Crippen LogP contribution >= 0.6 is 15.9 Å². The molecule has 7 heteroatoms. The maximum Gasteiger partial charge on any atom is 0.174 e. The topological polar surface area (TPSA) is 68.8 Å². The number of ether oxygens (including phenoxy) is 3. The minimum Gasteiger partial charge on any atom is -0.494 e. The maximum absolute atomic E-state index is 13.9. The number of fused-ring (bicyclic) bond motifs is 1. The number of ketones is 1. The summed E-state index contributed by atoms with van der Waals surface area (Å²) in [4.78, 5) is 13.9. The van der Waals surface area contributed by atoms with Gasteiger partial charge in [0.05, 0.1) is 42.2 Å². The molecule has 3 aromatic rings. The van der Waals surface area contributed by atoms with Crippen molar-refractivity contribution in [2.75, 3.05) is 31.0 Å². The summed E-state index contributed by atoms with van der Waals surface area (Å²) in [5, 5.41) is 7.24. The monoisotopic (exact) mass is 562 g/mol. The van der Waals surface area contributed by atoms with Crippen LogP contribution in [0.4, 0.5) is 11.4 Å². The largest absolute Gasteiger partial charge is 0.494 e. The van der Waals surface area contributed by atoms with E-state index in [-0.39, 0.29) is 17.7 Å². The number of anilines is 2. The van der Waals surface area contributed by atoms with Gasteiger partial charge in [0.2, 0.25) is 0 Å². The summed E-state index contributed by atoms with van der Waals surface area (Å²) in [5.74, 6) is 2.33. The molecular weight excluding hydrogens is 532 g/mol. The molecule has 1 aliphatic carbocycles. The zero-order valence-electron chi connectivity index (χ0n) is 21.3. The number of hydrogen-bond acceptors (Lipinski definition) is 6. The molecule has 0 radical (unpaired) electrons. The first-order chi connectivity index (χ1) is 18.0. The van der Waals surface area contributed by atoms with Gasteiger partial charge in [-0.15, -0.1) is 0 Å². The van der Waals surface area contributed by atoms with Crippen LogP contribution in [0.5, 0.6) is 17.2 Å². The standard InChI is InChI=1S/C30H31BrN2O4/c1-4-36-21-12-10-18(11-13-21)19-15-25-28(26(34)16-19)29(33-24-9-7-6-8-23(24)32-25)20-14-22(31)30(35-3)27(17-20)37-5-2/h6-14,17,19,29,32-33H,4-5,15-16H2,1-3H3. The van der Waals surface area contributed by atoms with Crippen molar-refractivity contribution in [3.05, 3.63) is 87.5 Å². The summed E-state index contributed by atoms with van der Waals surface area (Å²) >= 11 is 3.65. The highest BCUT2D eigenvalue weighted by molar-refractivity contribution is 9.10. The van der Waals surface area contributed by atoms with Crippen LogP contribution in [0.2, 0.25) is 0 Å². The molecule has 37 heavy (non-hydrogen) atoms. The molecule has 2 N–H and O–H groups in total. The summed E-state index contributed by atoms with van der Waals surface area (Å²) in [6.07, 6.45) is 1.18. The van der Waals surface area contributed by atoms with E-state index in [0.717, 1.165) is 50.4 Å². The van der Waals surface area contributed by atoms with E-state index >= 15 is 0 Å². The fourth-order valence-corrected chi connectivity index (χ4v) is 5.82. The van der Waals surface area contributed by atoms with Gasteiger partial charge in [0.15, 0.2) is 17.3 Å². The summed E-state index contributed by atoms with van der Waals surface area (Å²) in [6.45, 7) is 5.05. The first-order valence-corrected chi connectivity index (χ1v) is 13.4. The number of allylic oxidation sites excluding steroid dienone is 1. The van der Waals surface area contributed by atoms with Crippen molar-refractivity contribution in [1.82, 2.24) is 0 Å². The Morgan fingerprint density at radius 1 is 0.919 bits per heavy atom. The highest BCUT2D eigenvalue weighted by Gasteiger charge is 2.36. The van der Waals surface area contributed by atoms with Gasteiger partial charge in [-0.05, 0) is 89.6 Å². The molecule has 3 aromatic carbocycles. The lowest BCUT2D eigenvalue weighted by molar-refractivity contribution is -0.116. The first-order valence-electron chi connectivity index (χ1n) is 12.6. The maximum atomic E-state index is 13.9. The molecule has 5 rings (SSSR count). The van der Waals surface area contributed by atoms with E-state index in [1.165, 1.54) is 0 Å². The Hall–Kier alpha value is -3.45. The van der Waals surface area contributed by atoms with Crippen LogP contribution in [0.1, 0.15) is 49.8 Å². The average Bonchev–Trinajstić information content (AvgIpc) is 3.06. The van der Waals surface area contributed by atoms with E-state index in [1.807, 2.05) is 62.4 Å². The van der Waals surface area contributed by atoms with Crippen molar-refractivity contribution in [2.24, 2.45) is 0 Å². The lowest BCUT2D eigenvalue weighted by Crippen LogP contribution is -2.27. The number of halogens is 1. The second-order valence-corrected chi connectivity index (χ2v) is 9.99. The Bertz CT molecular complexity index is 1340. The number of carbonyl (C=O) groups excluding carboxylic acids is 1. The number of hydrogen-bond donors (Lipinski definition) is 2. The molecule has 0 amide bonds. The zero-order valence-corrected chi connectivity index (χ0v) is 22.9. The number of carbonyl (C=O) groups is 1. The second kappa shape index (κ2) is 10.9. The van der Waals surface area contributed by atoms with Crippen molar-refractivity contribution in [1.29, 1.82) is 0 Å². The fourth-order valence-electron chi connectivity index (χ4n) is 5.20. The molecule has 1 heterocycles. The van der Waals surface area contributed by atoms with Gasteiger partial charge in [-0.3, -0.25) is 4.79 Å². The van der Waals surface area contributed by atoms with E-state index in [9.17, 15) is 4.79 Å². The molecular formula is C30H31BrN2O4. The molecule has 1 aliphatic heterocycles. The van der Waals surface area contributed by atoms with E-state index in [4.69, 9.17) is 14.2 Å². The number of rotatable bonds is 7. The highest BCUT2D eigenvalue weighted by Crippen LogP contribution is 2.46. The molecule has 0 fully saturated rings. The Labute approximate surface area is 226 Å².